The third-order valence-electron chi connectivity index (χ3n) is 5.19. The Morgan fingerprint density at radius 2 is 1.75 bits per heavy atom. The lowest BCUT2D eigenvalue weighted by Crippen LogP contribution is -2.28. The van der Waals surface area contributed by atoms with E-state index in [2.05, 4.69) is 17.3 Å². The Morgan fingerprint density at radius 3 is 2.46 bits per heavy atom. The van der Waals surface area contributed by atoms with Crippen LogP contribution in [0, 0.1) is 0 Å². The number of carbonyl (C=O) groups excluding carboxylic acids is 2. The molecule has 6 nitrogen and oxygen atoms in total. The minimum atomic E-state index is -0.169. The SMILES string of the molecule is CCc1ccc(NC(=O)Cn2nc(C(=O)N3CCCC3)c3ccccc32)cc1. The van der Waals surface area contributed by atoms with Crippen LogP contribution >= 0.6 is 0 Å². The molecule has 2 heterocycles. The van der Waals surface area contributed by atoms with Gasteiger partial charge in [-0.2, -0.15) is 5.10 Å². The molecule has 144 valence electrons. The summed E-state index contributed by atoms with van der Waals surface area (Å²) in [6, 6.07) is 15.4. The number of hydrogen-bond acceptors (Lipinski definition) is 3. The highest BCUT2D eigenvalue weighted by atomic mass is 16.2. The number of rotatable bonds is 5. The van der Waals surface area contributed by atoms with Crippen molar-refractivity contribution >= 4 is 28.4 Å². The molecule has 3 aromatic rings. The fraction of sp³-hybridized carbons (Fsp3) is 0.318. The van der Waals surface area contributed by atoms with Crippen LogP contribution in [0.4, 0.5) is 5.69 Å². The van der Waals surface area contributed by atoms with Gasteiger partial charge in [0.25, 0.3) is 5.91 Å². The molecule has 0 bridgehead atoms. The lowest BCUT2D eigenvalue weighted by molar-refractivity contribution is -0.116. The van der Waals surface area contributed by atoms with Crippen molar-refractivity contribution in [2.24, 2.45) is 0 Å². The Morgan fingerprint density at radius 1 is 1.04 bits per heavy atom. The second-order valence-corrected chi connectivity index (χ2v) is 7.12. The largest absolute Gasteiger partial charge is 0.337 e. The van der Waals surface area contributed by atoms with Crippen LogP contribution in [0.1, 0.15) is 35.8 Å². The van der Waals surface area contributed by atoms with Gasteiger partial charge in [0.05, 0.1) is 5.52 Å². The molecule has 0 atom stereocenters. The third-order valence-corrected chi connectivity index (χ3v) is 5.19. The van der Waals surface area contributed by atoms with Crippen LogP contribution in [0.2, 0.25) is 0 Å². The maximum atomic E-state index is 12.9. The number of nitrogens with zero attached hydrogens (tertiary/aromatic N) is 3. The van der Waals surface area contributed by atoms with Gasteiger partial charge in [-0.1, -0.05) is 37.3 Å². The predicted molar refractivity (Wildman–Crippen MR) is 109 cm³/mol. The van der Waals surface area contributed by atoms with Crippen molar-refractivity contribution in [1.82, 2.24) is 14.7 Å². The lowest BCUT2D eigenvalue weighted by atomic mass is 10.1. The Hall–Kier alpha value is -3.15. The fourth-order valence-electron chi connectivity index (χ4n) is 3.64. The first-order valence-electron chi connectivity index (χ1n) is 9.79. The summed E-state index contributed by atoms with van der Waals surface area (Å²) in [5.41, 5.74) is 3.20. The Balaban J connectivity index is 1.56. The monoisotopic (exact) mass is 376 g/mol. The van der Waals surface area contributed by atoms with E-state index in [-0.39, 0.29) is 18.4 Å². The van der Waals surface area contributed by atoms with E-state index in [9.17, 15) is 9.59 Å². The number of hydrogen-bond donors (Lipinski definition) is 1. The molecule has 1 aliphatic heterocycles. The summed E-state index contributed by atoms with van der Waals surface area (Å²) in [4.78, 5) is 27.3. The van der Waals surface area contributed by atoms with E-state index in [0.29, 0.717) is 5.69 Å². The maximum absolute atomic E-state index is 12.9. The van der Waals surface area contributed by atoms with Crippen molar-refractivity contribution in [2.45, 2.75) is 32.7 Å². The minimum Gasteiger partial charge on any atom is -0.337 e. The van der Waals surface area contributed by atoms with Gasteiger partial charge in [-0.25, -0.2) is 0 Å². The first-order valence-corrected chi connectivity index (χ1v) is 9.79. The standard InChI is InChI=1S/C22H24N4O2/c1-2-16-9-11-17(12-10-16)23-20(27)15-26-19-8-4-3-7-18(19)21(24-26)22(28)25-13-5-6-14-25/h3-4,7-12H,2,5-6,13-15H2,1H3,(H,23,27). The summed E-state index contributed by atoms with van der Waals surface area (Å²) in [7, 11) is 0. The molecule has 1 fully saturated rings. The normalized spacial score (nSPS) is 13.8. The quantitative estimate of drug-likeness (QED) is 0.741. The number of anilines is 1. The van der Waals surface area contributed by atoms with Crippen LogP contribution in [0.25, 0.3) is 10.9 Å². The molecule has 0 radical (unpaired) electrons. The Labute approximate surface area is 164 Å². The van der Waals surface area contributed by atoms with Crippen LogP contribution in [-0.2, 0) is 17.8 Å². The summed E-state index contributed by atoms with van der Waals surface area (Å²) < 4.78 is 1.62. The van der Waals surface area contributed by atoms with E-state index in [0.717, 1.165) is 48.9 Å². The molecule has 1 saturated heterocycles. The van der Waals surface area contributed by atoms with E-state index >= 15 is 0 Å². The molecule has 2 amide bonds. The molecule has 4 rings (SSSR count). The van der Waals surface area contributed by atoms with E-state index < -0.39 is 0 Å². The van der Waals surface area contributed by atoms with Crippen molar-refractivity contribution < 1.29 is 9.59 Å². The summed E-state index contributed by atoms with van der Waals surface area (Å²) in [6.45, 7) is 3.70. The zero-order chi connectivity index (χ0) is 19.5. The van der Waals surface area contributed by atoms with Gasteiger partial charge in [-0.3, -0.25) is 14.3 Å². The van der Waals surface area contributed by atoms with Crippen molar-refractivity contribution in [3.8, 4) is 0 Å². The van der Waals surface area contributed by atoms with Crippen molar-refractivity contribution in [3.63, 3.8) is 0 Å². The van der Waals surface area contributed by atoms with Gasteiger partial charge >= 0.3 is 0 Å². The van der Waals surface area contributed by atoms with Crippen LogP contribution in [0.3, 0.4) is 0 Å². The van der Waals surface area contributed by atoms with Crippen LogP contribution < -0.4 is 5.32 Å². The average Bonchev–Trinajstić information content (AvgIpc) is 3.37. The molecule has 0 spiro atoms. The van der Waals surface area contributed by atoms with Gasteiger partial charge in [-0.05, 0) is 43.0 Å². The fourth-order valence-corrected chi connectivity index (χ4v) is 3.64. The molecule has 1 N–H and O–H groups in total. The molecule has 2 aromatic carbocycles. The van der Waals surface area contributed by atoms with E-state index in [4.69, 9.17) is 0 Å². The molecule has 6 heteroatoms. The summed E-state index contributed by atoms with van der Waals surface area (Å²) in [6.07, 6.45) is 3.02. The molecule has 0 aliphatic carbocycles. The molecular formula is C22H24N4O2. The smallest absolute Gasteiger partial charge is 0.275 e. The number of para-hydroxylation sites is 1. The van der Waals surface area contributed by atoms with E-state index in [1.165, 1.54) is 5.56 Å². The number of likely N-dealkylation sites (tertiary alicyclic amines) is 1. The summed E-state index contributed by atoms with van der Waals surface area (Å²) >= 11 is 0. The molecule has 0 saturated carbocycles. The van der Waals surface area contributed by atoms with Gasteiger partial charge < -0.3 is 10.2 Å². The molecular weight excluding hydrogens is 352 g/mol. The van der Waals surface area contributed by atoms with Crippen LogP contribution in [-0.4, -0.2) is 39.6 Å². The number of aromatic nitrogens is 2. The number of carbonyl (C=O) groups is 2. The second kappa shape index (κ2) is 7.84. The topological polar surface area (TPSA) is 67.2 Å². The zero-order valence-corrected chi connectivity index (χ0v) is 16.0. The van der Waals surface area contributed by atoms with Gasteiger partial charge in [0.1, 0.15) is 6.54 Å². The van der Waals surface area contributed by atoms with Crippen molar-refractivity contribution in [3.05, 3.63) is 59.8 Å². The van der Waals surface area contributed by atoms with Crippen LogP contribution in [0.5, 0.6) is 0 Å². The highest BCUT2D eigenvalue weighted by Gasteiger charge is 2.25. The summed E-state index contributed by atoms with van der Waals surface area (Å²) in [5, 5.41) is 8.20. The second-order valence-electron chi connectivity index (χ2n) is 7.12. The van der Waals surface area contributed by atoms with Gasteiger partial charge in [0, 0.05) is 24.2 Å². The van der Waals surface area contributed by atoms with Crippen molar-refractivity contribution in [2.75, 3.05) is 18.4 Å². The minimum absolute atomic E-state index is 0.0528. The first kappa shape index (κ1) is 18.2. The Kier molecular flexibility index (Phi) is 5.10. The number of amides is 2. The third kappa shape index (κ3) is 3.63. The summed E-state index contributed by atoms with van der Waals surface area (Å²) in [5.74, 6) is -0.222. The molecule has 1 aliphatic rings. The number of nitrogens with one attached hydrogen (secondary N) is 1. The van der Waals surface area contributed by atoms with E-state index in [1.807, 2.05) is 53.4 Å². The molecule has 0 unspecified atom stereocenters. The first-order chi connectivity index (χ1) is 13.7. The highest BCUT2D eigenvalue weighted by molar-refractivity contribution is 6.05. The van der Waals surface area contributed by atoms with E-state index in [1.54, 1.807) is 4.68 Å². The average molecular weight is 376 g/mol. The maximum Gasteiger partial charge on any atom is 0.275 e. The number of fused-ring (bicyclic) bond motifs is 1. The zero-order valence-electron chi connectivity index (χ0n) is 16.0. The highest BCUT2D eigenvalue weighted by Crippen LogP contribution is 2.22. The molecule has 28 heavy (non-hydrogen) atoms. The Bertz CT molecular complexity index is 1000. The number of benzene rings is 2. The molecule has 1 aromatic heterocycles. The predicted octanol–water partition coefficient (Wildman–Crippen LogP) is 3.47. The van der Waals surface area contributed by atoms with Gasteiger partial charge in [-0.15, -0.1) is 0 Å². The van der Waals surface area contributed by atoms with Gasteiger partial charge in [0.2, 0.25) is 5.91 Å². The van der Waals surface area contributed by atoms with Crippen LogP contribution in [0.15, 0.2) is 48.5 Å². The van der Waals surface area contributed by atoms with Gasteiger partial charge in [0.15, 0.2) is 5.69 Å². The van der Waals surface area contributed by atoms with Crippen molar-refractivity contribution in [1.29, 1.82) is 0 Å². The number of aryl methyl sites for hydroxylation is 1. The lowest BCUT2D eigenvalue weighted by Gasteiger charge is -2.13.